The second kappa shape index (κ2) is 7.28. The predicted octanol–water partition coefficient (Wildman–Crippen LogP) is 4.23. The lowest BCUT2D eigenvalue weighted by Crippen LogP contribution is -2.49. The molecule has 4 heteroatoms. The van der Waals surface area contributed by atoms with Gasteiger partial charge >= 0.3 is 0 Å². The summed E-state index contributed by atoms with van der Waals surface area (Å²) in [6.07, 6.45) is 0.842. The van der Waals surface area contributed by atoms with Crippen LogP contribution in [0.25, 0.3) is 11.1 Å². The van der Waals surface area contributed by atoms with Gasteiger partial charge in [0.25, 0.3) is 5.91 Å². The molecule has 3 aromatic rings. The summed E-state index contributed by atoms with van der Waals surface area (Å²) in [5.41, 5.74) is 6.90. The van der Waals surface area contributed by atoms with E-state index in [1.165, 1.54) is 22.3 Å². The van der Waals surface area contributed by atoms with Crippen LogP contribution in [0.4, 0.5) is 5.69 Å². The number of rotatable bonds is 3. The smallest absolute Gasteiger partial charge is 0.254 e. The SMILES string of the molecule is COc1ccccc1N1CCN(C(=O)c2cccc3c2Cc2ccccc2-3)CC1. The Morgan fingerprint density at radius 2 is 1.55 bits per heavy atom. The van der Waals surface area contributed by atoms with Crippen molar-refractivity contribution in [1.29, 1.82) is 0 Å². The Labute approximate surface area is 171 Å². The molecule has 3 aromatic carbocycles. The minimum atomic E-state index is 0.148. The first-order valence-electron chi connectivity index (χ1n) is 10.1. The number of carbonyl (C=O) groups excluding carboxylic acids is 1. The highest BCUT2D eigenvalue weighted by Crippen LogP contribution is 2.38. The highest BCUT2D eigenvalue weighted by molar-refractivity contribution is 5.99. The van der Waals surface area contributed by atoms with Gasteiger partial charge in [0.05, 0.1) is 12.8 Å². The van der Waals surface area contributed by atoms with Crippen LogP contribution in [0.5, 0.6) is 5.75 Å². The van der Waals surface area contributed by atoms with Gasteiger partial charge in [-0.2, -0.15) is 0 Å². The number of nitrogens with zero attached hydrogens (tertiary/aromatic N) is 2. The zero-order valence-electron chi connectivity index (χ0n) is 16.6. The first-order chi connectivity index (χ1) is 14.3. The van der Waals surface area contributed by atoms with Gasteiger partial charge in [0.15, 0.2) is 0 Å². The van der Waals surface area contributed by atoms with Gasteiger partial charge in [-0.25, -0.2) is 0 Å². The molecule has 0 bridgehead atoms. The van der Waals surface area contributed by atoms with Gasteiger partial charge in [-0.3, -0.25) is 4.79 Å². The predicted molar refractivity (Wildman–Crippen MR) is 116 cm³/mol. The number of ether oxygens (including phenoxy) is 1. The van der Waals surface area contributed by atoms with Crippen molar-refractivity contribution in [3.8, 4) is 16.9 Å². The molecule has 1 heterocycles. The quantitative estimate of drug-likeness (QED) is 0.530. The average molecular weight is 384 g/mol. The van der Waals surface area contributed by atoms with Crippen LogP contribution in [-0.2, 0) is 6.42 Å². The number of para-hydroxylation sites is 2. The number of amides is 1. The van der Waals surface area contributed by atoms with E-state index in [0.717, 1.165) is 36.5 Å². The van der Waals surface area contributed by atoms with Crippen molar-refractivity contribution in [3.63, 3.8) is 0 Å². The van der Waals surface area contributed by atoms with Gasteiger partial charge in [-0.05, 0) is 46.9 Å². The molecule has 0 unspecified atom stereocenters. The molecule has 1 fully saturated rings. The Kier molecular flexibility index (Phi) is 4.47. The minimum absolute atomic E-state index is 0.148. The number of methoxy groups -OCH3 is 1. The molecule has 0 spiro atoms. The molecule has 29 heavy (non-hydrogen) atoms. The number of benzene rings is 3. The van der Waals surface area contributed by atoms with E-state index >= 15 is 0 Å². The Morgan fingerprint density at radius 1 is 0.828 bits per heavy atom. The maximum Gasteiger partial charge on any atom is 0.254 e. The third kappa shape index (κ3) is 3.05. The standard InChI is InChI=1S/C25H24N2O2/c1-29-24-12-5-4-11-23(24)26-13-15-27(16-14-26)25(28)21-10-6-9-20-19-8-3-2-7-18(19)17-22(20)21/h2-12H,13-17H2,1H3. The van der Waals surface area contributed by atoms with E-state index in [1.54, 1.807) is 7.11 Å². The molecule has 4 nitrogen and oxygen atoms in total. The highest BCUT2D eigenvalue weighted by Gasteiger charge is 2.28. The molecule has 146 valence electrons. The Morgan fingerprint density at radius 3 is 2.38 bits per heavy atom. The zero-order valence-corrected chi connectivity index (χ0v) is 16.6. The lowest BCUT2D eigenvalue weighted by atomic mass is 10.00. The van der Waals surface area contributed by atoms with E-state index in [1.807, 2.05) is 35.2 Å². The second-order valence-electron chi connectivity index (χ2n) is 7.62. The number of hydrogen-bond acceptors (Lipinski definition) is 3. The second-order valence-corrected chi connectivity index (χ2v) is 7.62. The number of anilines is 1. The summed E-state index contributed by atoms with van der Waals surface area (Å²) in [6, 6.07) is 22.7. The van der Waals surface area contributed by atoms with Crippen LogP contribution in [0.15, 0.2) is 66.7 Å². The first kappa shape index (κ1) is 17.8. The fourth-order valence-electron chi connectivity index (χ4n) is 4.57. The molecule has 0 atom stereocenters. The van der Waals surface area contributed by atoms with Gasteiger partial charge in [0, 0.05) is 31.7 Å². The van der Waals surface area contributed by atoms with Gasteiger partial charge in [-0.1, -0.05) is 48.5 Å². The van der Waals surface area contributed by atoms with Crippen LogP contribution in [0, 0.1) is 0 Å². The summed E-state index contributed by atoms with van der Waals surface area (Å²) in [4.78, 5) is 17.6. The molecule has 0 N–H and O–H groups in total. The van der Waals surface area contributed by atoms with E-state index in [4.69, 9.17) is 4.74 Å². The number of carbonyl (C=O) groups is 1. The topological polar surface area (TPSA) is 32.8 Å². The fourth-order valence-corrected chi connectivity index (χ4v) is 4.57. The summed E-state index contributed by atoms with van der Waals surface area (Å²) in [5.74, 6) is 1.03. The van der Waals surface area contributed by atoms with Crippen LogP contribution in [0.3, 0.4) is 0 Å². The molecule has 0 radical (unpaired) electrons. The molecule has 0 saturated carbocycles. The van der Waals surface area contributed by atoms with Crippen molar-refractivity contribution < 1.29 is 9.53 Å². The molecule has 1 aliphatic heterocycles. The maximum atomic E-state index is 13.4. The summed E-state index contributed by atoms with van der Waals surface area (Å²) < 4.78 is 5.50. The summed E-state index contributed by atoms with van der Waals surface area (Å²) in [7, 11) is 1.70. The van der Waals surface area contributed by atoms with Gasteiger partial charge in [0.1, 0.15) is 5.75 Å². The first-order valence-corrected chi connectivity index (χ1v) is 10.1. The molecular formula is C25H24N2O2. The summed E-state index contributed by atoms with van der Waals surface area (Å²) >= 11 is 0. The van der Waals surface area contributed by atoms with Gasteiger partial charge in [-0.15, -0.1) is 0 Å². The summed E-state index contributed by atoms with van der Waals surface area (Å²) in [6.45, 7) is 3.05. The largest absolute Gasteiger partial charge is 0.495 e. The van der Waals surface area contributed by atoms with Crippen LogP contribution in [0.1, 0.15) is 21.5 Å². The van der Waals surface area contributed by atoms with Crippen LogP contribution in [0.2, 0.25) is 0 Å². The Balaban J connectivity index is 1.35. The van der Waals surface area contributed by atoms with Crippen molar-refractivity contribution in [2.45, 2.75) is 6.42 Å². The van der Waals surface area contributed by atoms with Crippen LogP contribution < -0.4 is 9.64 Å². The highest BCUT2D eigenvalue weighted by atomic mass is 16.5. The molecule has 1 aliphatic carbocycles. The minimum Gasteiger partial charge on any atom is -0.495 e. The lowest BCUT2D eigenvalue weighted by molar-refractivity contribution is 0.0746. The van der Waals surface area contributed by atoms with Gasteiger partial charge in [0.2, 0.25) is 0 Å². The molecule has 1 amide bonds. The number of piperazine rings is 1. The van der Waals surface area contributed by atoms with Crippen molar-refractivity contribution >= 4 is 11.6 Å². The lowest BCUT2D eigenvalue weighted by Gasteiger charge is -2.37. The van der Waals surface area contributed by atoms with Crippen molar-refractivity contribution in [3.05, 3.63) is 83.4 Å². The van der Waals surface area contributed by atoms with Crippen molar-refractivity contribution in [2.24, 2.45) is 0 Å². The molecule has 0 aromatic heterocycles. The van der Waals surface area contributed by atoms with Crippen LogP contribution in [-0.4, -0.2) is 44.1 Å². The van der Waals surface area contributed by atoms with E-state index in [0.29, 0.717) is 13.1 Å². The number of hydrogen-bond donors (Lipinski definition) is 0. The molecule has 1 saturated heterocycles. The molecule has 5 rings (SSSR count). The Bertz CT molecular complexity index is 1070. The maximum absolute atomic E-state index is 13.4. The molecular weight excluding hydrogens is 360 g/mol. The van der Waals surface area contributed by atoms with Crippen molar-refractivity contribution in [2.75, 3.05) is 38.2 Å². The van der Waals surface area contributed by atoms with Crippen molar-refractivity contribution in [1.82, 2.24) is 4.90 Å². The van der Waals surface area contributed by atoms with Crippen LogP contribution >= 0.6 is 0 Å². The van der Waals surface area contributed by atoms with E-state index in [2.05, 4.69) is 41.3 Å². The third-order valence-electron chi connectivity index (χ3n) is 6.07. The fraction of sp³-hybridized carbons (Fsp3) is 0.240. The van der Waals surface area contributed by atoms with E-state index in [-0.39, 0.29) is 5.91 Å². The Hall–Kier alpha value is -3.27. The normalized spacial score (nSPS) is 15.1. The third-order valence-corrected chi connectivity index (χ3v) is 6.07. The van der Waals surface area contributed by atoms with E-state index < -0.39 is 0 Å². The monoisotopic (exact) mass is 384 g/mol. The van der Waals surface area contributed by atoms with E-state index in [9.17, 15) is 4.79 Å². The average Bonchev–Trinajstić information content (AvgIpc) is 3.17. The van der Waals surface area contributed by atoms with Gasteiger partial charge < -0.3 is 14.5 Å². The zero-order chi connectivity index (χ0) is 19.8. The number of fused-ring (bicyclic) bond motifs is 3. The summed E-state index contributed by atoms with van der Waals surface area (Å²) in [5, 5.41) is 0. The molecule has 2 aliphatic rings.